The summed E-state index contributed by atoms with van der Waals surface area (Å²) in [4.78, 5) is 24.2. The maximum atomic E-state index is 12.2. The molecule has 1 aromatic carbocycles. The number of halogens is 2. The molecule has 1 N–H and O–H groups in total. The number of nitrogens with zero attached hydrogens (tertiary/aromatic N) is 4. The standard InChI is InChI=1S/C15H15Cl2N5O4/c16-12-5-11(22(24)25)6-13(17)15(12)19-10-7-18-21(8-10)9-14(23)20-1-3-26-4-2-20/h5-8,19H,1-4,9H2. The molecule has 0 atom stereocenters. The van der Waals surface area contributed by atoms with Crippen molar-refractivity contribution in [2.24, 2.45) is 0 Å². The van der Waals surface area contributed by atoms with Crippen molar-refractivity contribution in [1.82, 2.24) is 14.7 Å². The second-order valence-corrected chi connectivity index (χ2v) is 6.40. The average Bonchev–Trinajstić information content (AvgIpc) is 3.05. The Morgan fingerprint density at radius 3 is 2.58 bits per heavy atom. The summed E-state index contributed by atoms with van der Waals surface area (Å²) in [6.45, 7) is 2.31. The minimum atomic E-state index is -0.573. The molecule has 0 unspecified atom stereocenters. The molecule has 0 radical (unpaired) electrons. The van der Waals surface area contributed by atoms with E-state index in [1.165, 1.54) is 23.0 Å². The van der Waals surface area contributed by atoms with E-state index in [1.54, 1.807) is 11.1 Å². The van der Waals surface area contributed by atoms with Crippen molar-refractivity contribution in [3.05, 3.63) is 44.7 Å². The first-order valence-corrected chi connectivity index (χ1v) is 8.48. The topological polar surface area (TPSA) is 103 Å². The quantitative estimate of drug-likeness (QED) is 0.612. The van der Waals surface area contributed by atoms with Crippen LogP contribution in [0.5, 0.6) is 0 Å². The molecule has 2 aromatic rings. The third kappa shape index (κ3) is 4.24. The van der Waals surface area contributed by atoms with E-state index in [0.29, 0.717) is 37.7 Å². The molecular weight excluding hydrogens is 385 g/mol. The van der Waals surface area contributed by atoms with Crippen LogP contribution in [-0.4, -0.2) is 51.8 Å². The number of aromatic nitrogens is 2. The van der Waals surface area contributed by atoms with Gasteiger partial charge in [0.2, 0.25) is 5.91 Å². The highest BCUT2D eigenvalue weighted by Crippen LogP contribution is 2.36. The van der Waals surface area contributed by atoms with Crippen LogP contribution in [0.25, 0.3) is 0 Å². The molecule has 1 aliphatic rings. The second kappa shape index (κ2) is 7.90. The van der Waals surface area contributed by atoms with Gasteiger partial charge in [-0.25, -0.2) is 0 Å². The van der Waals surface area contributed by atoms with Crippen LogP contribution in [0.1, 0.15) is 0 Å². The maximum absolute atomic E-state index is 12.2. The van der Waals surface area contributed by atoms with Gasteiger partial charge in [0.05, 0.1) is 45.8 Å². The van der Waals surface area contributed by atoms with Crippen molar-refractivity contribution in [3.8, 4) is 0 Å². The fraction of sp³-hybridized carbons (Fsp3) is 0.333. The largest absolute Gasteiger partial charge is 0.378 e. The number of anilines is 2. The highest BCUT2D eigenvalue weighted by atomic mass is 35.5. The molecule has 0 saturated carbocycles. The first-order valence-electron chi connectivity index (χ1n) is 7.72. The molecule has 0 spiro atoms. The van der Waals surface area contributed by atoms with Crippen LogP contribution in [0.4, 0.5) is 17.1 Å². The van der Waals surface area contributed by atoms with Gasteiger partial charge < -0.3 is 15.0 Å². The zero-order valence-corrected chi connectivity index (χ0v) is 15.0. The summed E-state index contributed by atoms with van der Waals surface area (Å²) < 4.78 is 6.72. The highest BCUT2D eigenvalue weighted by Gasteiger charge is 2.18. The van der Waals surface area contributed by atoms with E-state index in [2.05, 4.69) is 10.4 Å². The SMILES string of the molecule is O=C(Cn1cc(Nc2c(Cl)cc([N+](=O)[O-])cc2Cl)cn1)N1CCOCC1. The second-order valence-electron chi connectivity index (χ2n) is 5.59. The maximum Gasteiger partial charge on any atom is 0.272 e. The zero-order chi connectivity index (χ0) is 18.7. The lowest BCUT2D eigenvalue weighted by atomic mass is 10.2. The van der Waals surface area contributed by atoms with Crippen molar-refractivity contribution in [2.75, 3.05) is 31.6 Å². The summed E-state index contributed by atoms with van der Waals surface area (Å²) in [6.07, 6.45) is 3.15. The van der Waals surface area contributed by atoms with E-state index >= 15 is 0 Å². The summed E-state index contributed by atoms with van der Waals surface area (Å²) in [6, 6.07) is 2.42. The van der Waals surface area contributed by atoms with E-state index in [9.17, 15) is 14.9 Å². The lowest BCUT2D eigenvalue weighted by molar-refractivity contribution is -0.384. The molecule has 9 nitrogen and oxygen atoms in total. The Kier molecular flexibility index (Phi) is 5.60. The first-order chi connectivity index (χ1) is 12.4. The Hall–Kier alpha value is -2.36. The number of carbonyl (C=O) groups excluding carboxylic acids is 1. The number of nitrogens with one attached hydrogen (secondary N) is 1. The van der Waals surface area contributed by atoms with Crippen molar-refractivity contribution in [2.45, 2.75) is 6.54 Å². The molecule has 1 saturated heterocycles. The lowest BCUT2D eigenvalue weighted by Gasteiger charge is -2.26. The van der Waals surface area contributed by atoms with Gasteiger partial charge >= 0.3 is 0 Å². The van der Waals surface area contributed by atoms with E-state index in [0.717, 1.165) is 0 Å². The number of rotatable bonds is 5. The third-order valence-corrected chi connectivity index (χ3v) is 4.40. The minimum Gasteiger partial charge on any atom is -0.378 e. The number of morpholine rings is 1. The number of nitro benzene ring substituents is 1. The fourth-order valence-electron chi connectivity index (χ4n) is 2.49. The molecule has 138 valence electrons. The van der Waals surface area contributed by atoms with E-state index < -0.39 is 4.92 Å². The number of ether oxygens (including phenoxy) is 1. The lowest BCUT2D eigenvalue weighted by Crippen LogP contribution is -2.42. The van der Waals surface area contributed by atoms with Gasteiger partial charge in [0.15, 0.2) is 0 Å². The Morgan fingerprint density at radius 1 is 1.31 bits per heavy atom. The Morgan fingerprint density at radius 2 is 1.96 bits per heavy atom. The van der Waals surface area contributed by atoms with Crippen molar-refractivity contribution in [1.29, 1.82) is 0 Å². The molecule has 1 aliphatic heterocycles. The molecule has 26 heavy (non-hydrogen) atoms. The van der Waals surface area contributed by atoms with Crippen LogP contribution in [0.15, 0.2) is 24.5 Å². The van der Waals surface area contributed by atoms with Gasteiger partial charge in [-0.05, 0) is 0 Å². The van der Waals surface area contributed by atoms with Crippen LogP contribution >= 0.6 is 23.2 Å². The highest BCUT2D eigenvalue weighted by molar-refractivity contribution is 6.39. The summed E-state index contributed by atoms with van der Waals surface area (Å²) in [5.74, 6) is -0.0469. The number of amides is 1. The van der Waals surface area contributed by atoms with Gasteiger partial charge in [-0.1, -0.05) is 23.2 Å². The number of benzene rings is 1. The normalized spacial score (nSPS) is 14.3. The van der Waals surface area contributed by atoms with Crippen LogP contribution in [0.2, 0.25) is 10.0 Å². The Bertz CT molecular complexity index is 812. The summed E-state index contributed by atoms with van der Waals surface area (Å²) in [5, 5.41) is 18.1. The minimum absolute atomic E-state index is 0.0469. The summed E-state index contributed by atoms with van der Waals surface area (Å²) in [7, 11) is 0. The van der Waals surface area contributed by atoms with Crippen LogP contribution in [0.3, 0.4) is 0 Å². The summed E-state index contributed by atoms with van der Waals surface area (Å²) in [5.41, 5.74) is 0.688. The summed E-state index contributed by atoms with van der Waals surface area (Å²) >= 11 is 12.1. The van der Waals surface area contributed by atoms with E-state index in [1.807, 2.05) is 0 Å². The fourth-order valence-corrected chi connectivity index (χ4v) is 3.06. The average molecular weight is 400 g/mol. The molecule has 2 heterocycles. The number of non-ortho nitro benzene ring substituents is 1. The van der Waals surface area contributed by atoms with Crippen molar-refractivity contribution >= 4 is 46.2 Å². The Labute approximate surface area is 158 Å². The molecule has 1 amide bonds. The van der Waals surface area contributed by atoms with Gasteiger partial charge in [-0.2, -0.15) is 5.10 Å². The number of hydrogen-bond acceptors (Lipinski definition) is 6. The predicted molar refractivity (Wildman–Crippen MR) is 96.0 cm³/mol. The van der Waals surface area contributed by atoms with E-state index in [4.69, 9.17) is 27.9 Å². The van der Waals surface area contributed by atoms with Crippen LogP contribution in [0, 0.1) is 10.1 Å². The van der Waals surface area contributed by atoms with Gasteiger partial charge in [0, 0.05) is 31.4 Å². The molecule has 3 rings (SSSR count). The molecule has 1 aromatic heterocycles. The smallest absolute Gasteiger partial charge is 0.272 e. The van der Waals surface area contributed by atoms with Gasteiger partial charge in [-0.15, -0.1) is 0 Å². The van der Waals surface area contributed by atoms with Crippen LogP contribution < -0.4 is 5.32 Å². The third-order valence-electron chi connectivity index (χ3n) is 3.80. The van der Waals surface area contributed by atoms with Gasteiger partial charge in [0.25, 0.3) is 5.69 Å². The molecular formula is C15H15Cl2N5O4. The Balaban J connectivity index is 1.69. The van der Waals surface area contributed by atoms with Crippen molar-refractivity contribution in [3.63, 3.8) is 0 Å². The molecule has 0 bridgehead atoms. The van der Waals surface area contributed by atoms with Crippen molar-refractivity contribution < 1.29 is 14.5 Å². The number of nitro groups is 1. The molecule has 1 fully saturated rings. The zero-order valence-electron chi connectivity index (χ0n) is 13.5. The number of hydrogen-bond donors (Lipinski definition) is 1. The van der Waals surface area contributed by atoms with Gasteiger partial charge in [0.1, 0.15) is 6.54 Å². The monoisotopic (exact) mass is 399 g/mol. The number of carbonyl (C=O) groups is 1. The van der Waals surface area contributed by atoms with Gasteiger partial charge in [-0.3, -0.25) is 19.6 Å². The van der Waals surface area contributed by atoms with Crippen LogP contribution in [-0.2, 0) is 16.1 Å². The molecule has 0 aliphatic carbocycles. The molecule has 11 heteroatoms. The predicted octanol–water partition coefficient (Wildman–Crippen LogP) is 2.70. The van der Waals surface area contributed by atoms with E-state index in [-0.39, 0.29) is 28.2 Å². The first kappa shape index (κ1) is 18.4.